The van der Waals surface area contributed by atoms with E-state index in [9.17, 15) is 0 Å². The van der Waals surface area contributed by atoms with Crippen molar-refractivity contribution >= 4 is 0 Å². The lowest BCUT2D eigenvalue weighted by Gasteiger charge is -2.37. The maximum atomic E-state index is 4.45. The predicted octanol–water partition coefficient (Wildman–Crippen LogP) is 2.27. The summed E-state index contributed by atoms with van der Waals surface area (Å²) in [4.78, 5) is 5.01. The van der Waals surface area contributed by atoms with Crippen LogP contribution in [0.25, 0.3) is 0 Å². The zero-order valence-corrected chi connectivity index (χ0v) is 14.1. The number of unbranched alkanes of at least 4 members (excludes halogenated alkanes) is 1. The van der Waals surface area contributed by atoms with Gasteiger partial charge in [0.2, 0.25) is 0 Å². The van der Waals surface area contributed by atoms with E-state index in [0.29, 0.717) is 12.1 Å². The number of nitrogens with zero attached hydrogens (tertiary/aromatic N) is 6. The van der Waals surface area contributed by atoms with Crippen LogP contribution in [0.3, 0.4) is 0 Å². The first kappa shape index (κ1) is 15.9. The van der Waals surface area contributed by atoms with Crippen LogP contribution >= 0.6 is 0 Å². The van der Waals surface area contributed by atoms with E-state index in [4.69, 9.17) is 0 Å². The maximum Gasteiger partial charge on any atom is 0.168 e. The van der Waals surface area contributed by atoms with Gasteiger partial charge in [0.05, 0.1) is 12.1 Å². The quantitative estimate of drug-likeness (QED) is 0.807. The summed E-state index contributed by atoms with van der Waals surface area (Å²) in [6.07, 6.45) is 8.76. The van der Waals surface area contributed by atoms with E-state index in [1.807, 2.05) is 0 Å². The minimum atomic E-state index is 0.393. The summed E-state index contributed by atoms with van der Waals surface area (Å²) < 4.78 is 2.16. The average molecular weight is 306 g/mol. The molecule has 1 aromatic heterocycles. The molecule has 6 heteroatoms. The summed E-state index contributed by atoms with van der Waals surface area (Å²) >= 11 is 0. The molecule has 0 radical (unpaired) electrons. The fourth-order valence-electron chi connectivity index (χ4n) is 3.83. The zero-order valence-electron chi connectivity index (χ0n) is 14.1. The molecule has 1 saturated heterocycles. The Morgan fingerprint density at radius 1 is 1.14 bits per heavy atom. The third-order valence-corrected chi connectivity index (χ3v) is 5.30. The molecular weight excluding hydrogens is 276 g/mol. The first-order valence-corrected chi connectivity index (χ1v) is 9.00. The molecule has 1 aliphatic carbocycles. The van der Waals surface area contributed by atoms with Gasteiger partial charge in [0.15, 0.2) is 5.82 Å². The Morgan fingerprint density at radius 3 is 2.55 bits per heavy atom. The van der Waals surface area contributed by atoms with Gasteiger partial charge in [0.25, 0.3) is 0 Å². The number of rotatable bonds is 6. The van der Waals surface area contributed by atoms with Crippen molar-refractivity contribution in [1.29, 1.82) is 0 Å². The summed E-state index contributed by atoms with van der Waals surface area (Å²) in [5, 5.41) is 12.8. The first-order valence-electron chi connectivity index (χ1n) is 9.00. The van der Waals surface area contributed by atoms with Crippen molar-refractivity contribution in [2.75, 3.05) is 33.2 Å². The number of tetrazole rings is 1. The Hall–Kier alpha value is -1.01. The molecule has 1 atom stereocenters. The van der Waals surface area contributed by atoms with Gasteiger partial charge >= 0.3 is 0 Å². The monoisotopic (exact) mass is 306 g/mol. The number of hydrogen-bond donors (Lipinski definition) is 0. The minimum absolute atomic E-state index is 0.393. The molecular formula is C16H30N6. The van der Waals surface area contributed by atoms with Crippen LogP contribution in [-0.4, -0.2) is 63.2 Å². The molecule has 0 aromatic carbocycles. The lowest BCUT2D eigenvalue weighted by molar-refractivity contribution is 0.0975. The van der Waals surface area contributed by atoms with E-state index in [2.05, 4.69) is 44.0 Å². The number of hydrogen-bond acceptors (Lipinski definition) is 5. The van der Waals surface area contributed by atoms with E-state index < -0.39 is 0 Å². The molecule has 0 N–H and O–H groups in total. The molecule has 2 heterocycles. The fourth-order valence-corrected chi connectivity index (χ4v) is 3.83. The third kappa shape index (κ3) is 3.49. The SMILES string of the molecule is CCCC[C@@H](c1nnnn1C1CCCC1)N1CCN(C)CC1. The Morgan fingerprint density at radius 2 is 1.86 bits per heavy atom. The number of piperazine rings is 1. The second kappa shape index (κ2) is 7.51. The van der Waals surface area contributed by atoms with Crippen molar-refractivity contribution in [3.63, 3.8) is 0 Å². The van der Waals surface area contributed by atoms with E-state index >= 15 is 0 Å². The second-order valence-corrected chi connectivity index (χ2v) is 6.92. The fraction of sp³-hybridized carbons (Fsp3) is 0.938. The smallest absolute Gasteiger partial charge is 0.168 e. The Labute approximate surface area is 133 Å². The summed E-state index contributed by atoms with van der Waals surface area (Å²) in [5.41, 5.74) is 0. The van der Waals surface area contributed by atoms with Crippen LogP contribution in [0, 0.1) is 0 Å². The van der Waals surface area contributed by atoms with Gasteiger partial charge in [0.1, 0.15) is 0 Å². The molecule has 0 spiro atoms. The van der Waals surface area contributed by atoms with Crippen molar-refractivity contribution in [3.05, 3.63) is 5.82 Å². The standard InChI is InChI=1S/C16H30N6/c1-3-4-9-15(21-12-10-20(2)11-13-21)16-17-18-19-22(16)14-7-5-6-8-14/h14-15H,3-13H2,1-2H3/t15-/m0/s1. The van der Waals surface area contributed by atoms with Gasteiger partial charge in [-0.05, 0) is 36.7 Å². The maximum absolute atomic E-state index is 4.45. The largest absolute Gasteiger partial charge is 0.304 e. The van der Waals surface area contributed by atoms with Gasteiger partial charge in [-0.25, -0.2) is 4.68 Å². The van der Waals surface area contributed by atoms with Crippen LogP contribution in [0.5, 0.6) is 0 Å². The molecule has 3 rings (SSSR count). The second-order valence-electron chi connectivity index (χ2n) is 6.92. The molecule has 1 aromatic rings. The summed E-state index contributed by atoms with van der Waals surface area (Å²) in [7, 11) is 2.21. The number of likely N-dealkylation sites (N-methyl/N-ethyl adjacent to an activating group) is 1. The van der Waals surface area contributed by atoms with Gasteiger partial charge in [0, 0.05) is 26.2 Å². The van der Waals surface area contributed by atoms with Crippen molar-refractivity contribution in [2.24, 2.45) is 0 Å². The van der Waals surface area contributed by atoms with Crippen molar-refractivity contribution in [2.45, 2.75) is 64.0 Å². The lowest BCUT2D eigenvalue weighted by atomic mass is 10.1. The highest BCUT2D eigenvalue weighted by molar-refractivity contribution is 4.97. The highest BCUT2D eigenvalue weighted by Crippen LogP contribution is 2.33. The van der Waals surface area contributed by atoms with Crippen molar-refractivity contribution in [1.82, 2.24) is 30.0 Å². The molecule has 0 bridgehead atoms. The topological polar surface area (TPSA) is 50.1 Å². The van der Waals surface area contributed by atoms with Crippen molar-refractivity contribution < 1.29 is 0 Å². The van der Waals surface area contributed by atoms with Gasteiger partial charge in [-0.15, -0.1) is 5.10 Å². The lowest BCUT2D eigenvalue weighted by Crippen LogP contribution is -2.46. The van der Waals surface area contributed by atoms with Gasteiger partial charge in [-0.2, -0.15) is 0 Å². The predicted molar refractivity (Wildman–Crippen MR) is 86.7 cm³/mol. The molecule has 2 fully saturated rings. The molecule has 22 heavy (non-hydrogen) atoms. The van der Waals surface area contributed by atoms with Crippen LogP contribution in [0.4, 0.5) is 0 Å². The van der Waals surface area contributed by atoms with Crippen LogP contribution in [0.15, 0.2) is 0 Å². The van der Waals surface area contributed by atoms with Crippen LogP contribution in [0.1, 0.15) is 69.8 Å². The van der Waals surface area contributed by atoms with Gasteiger partial charge in [-0.1, -0.05) is 32.6 Å². The third-order valence-electron chi connectivity index (χ3n) is 5.30. The van der Waals surface area contributed by atoms with Crippen LogP contribution in [0.2, 0.25) is 0 Å². The molecule has 2 aliphatic rings. The zero-order chi connectivity index (χ0) is 15.4. The Balaban J connectivity index is 1.78. The Kier molecular flexibility index (Phi) is 5.41. The molecule has 0 unspecified atom stereocenters. The van der Waals surface area contributed by atoms with Crippen LogP contribution in [-0.2, 0) is 0 Å². The van der Waals surface area contributed by atoms with Crippen LogP contribution < -0.4 is 0 Å². The Bertz CT molecular complexity index is 445. The highest BCUT2D eigenvalue weighted by Gasteiger charge is 2.30. The summed E-state index contributed by atoms with van der Waals surface area (Å²) in [5.74, 6) is 1.12. The first-order chi connectivity index (χ1) is 10.8. The van der Waals surface area contributed by atoms with E-state index in [0.717, 1.165) is 32.0 Å². The molecule has 1 aliphatic heterocycles. The summed E-state index contributed by atoms with van der Waals surface area (Å²) in [6.45, 7) is 6.81. The normalized spacial score (nSPS) is 23.2. The summed E-state index contributed by atoms with van der Waals surface area (Å²) in [6, 6.07) is 0.922. The number of aromatic nitrogens is 4. The molecule has 124 valence electrons. The molecule has 6 nitrogen and oxygen atoms in total. The highest BCUT2D eigenvalue weighted by atomic mass is 15.6. The van der Waals surface area contributed by atoms with Gasteiger partial charge < -0.3 is 4.90 Å². The van der Waals surface area contributed by atoms with E-state index in [1.54, 1.807) is 0 Å². The molecule has 0 amide bonds. The van der Waals surface area contributed by atoms with E-state index in [1.165, 1.54) is 44.9 Å². The van der Waals surface area contributed by atoms with Crippen molar-refractivity contribution in [3.8, 4) is 0 Å². The molecule has 1 saturated carbocycles. The minimum Gasteiger partial charge on any atom is -0.304 e. The average Bonchev–Trinajstić information content (AvgIpc) is 3.20. The van der Waals surface area contributed by atoms with E-state index in [-0.39, 0.29) is 0 Å². The van der Waals surface area contributed by atoms with Gasteiger partial charge in [-0.3, -0.25) is 4.90 Å².